The van der Waals surface area contributed by atoms with Gasteiger partial charge in [-0.25, -0.2) is 10.9 Å². The van der Waals surface area contributed by atoms with Crippen LogP contribution in [-0.2, 0) is 4.79 Å². The van der Waals surface area contributed by atoms with E-state index in [0.29, 0.717) is 12.1 Å². The number of hydrogen-bond donors (Lipinski definition) is 3. The molecule has 6 heteroatoms. The summed E-state index contributed by atoms with van der Waals surface area (Å²) in [7, 11) is 0. The third-order valence-electron chi connectivity index (χ3n) is 4.60. The largest absolute Gasteiger partial charge is 0.303 e. The van der Waals surface area contributed by atoms with E-state index < -0.39 is 0 Å². The molecule has 0 aromatic carbocycles. The molecule has 1 amide bonds. The molecule has 0 spiro atoms. The highest BCUT2D eigenvalue weighted by Crippen LogP contribution is 2.33. The Kier molecular flexibility index (Phi) is 4.66. The Morgan fingerprint density at radius 2 is 2.21 bits per heavy atom. The molecule has 3 rings (SSSR count). The average Bonchev–Trinajstić information content (AvgIpc) is 2.99. The third kappa shape index (κ3) is 2.94. The van der Waals surface area contributed by atoms with Gasteiger partial charge in [0.2, 0.25) is 5.91 Å². The van der Waals surface area contributed by atoms with Crippen molar-refractivity contribution in [2.75, 3.05) is 0 Å². The zero-order chi connectivity index (χ0) is 17.3. The second-order valence-electron chi connectivity index (χ2n) is 6.53. The van der Waals surface area contributed by atoms with Crippen molar-refractivity contribution in [3.63, 3.8) is 0 Å². The number of allylic oxidation sites excluding steroid dienone is 4. The molecule has 24 heavy (non-hydrogen) atoms. The van der Waals surface area contributed by atoms with Crippen LogP contribution in [0.25, 0.3) is 0 Å². The fourth-order valence-corrected chi connectivity index (χ4v) is 3.29. The minimum Gasteiger partial charge on any atom is -0.303 e. The lowest BCUT2D eigenvalue weighted by molar-refractivity contribution is -0.121. The minimum absolute atomic E-state index is 0.0366. The SMILES string of the molecule is CCCC(=N)C1=CC=C(C2=NNC(=O)CC2C)C2=CC(CC)NN12. The summed E-state index contributed by atoms with van der Waals surface area (Å²) < 4.78 is 0. The molecule has 2 atom stereocenters. The van der Waals surface area contributed by atoms with Crippen LogP contribution in [0.4, 0.5) is 0 Å². The van der Waals surface area contributed by atoms with E-state index in [2.05, 4.69) is 35.9 Å². The Balaban J connectivity index is 1.99. The topological polar surface area (TPSA) is 80.6 Å². The minimum atomic E-state index is -0.0366. The first kappa shape index (κ1) is 16.6. The second-order valence-corrected chi connectivity index (χ2v) is 6.53. The maximum Gasteiger partial charge on any atom is 0.240 e. The van der Waals surface area contributed by atoms with Gasteiger partial charge in [-0.3, -0.25) is 9.80 Å². The van der Waals surface area contributed by atoms with Gasteiger partial charge in [-0.2, -0.15) is 5.10 Å². The van der Waals surface area contributed by atoms with Gasteiger partial charge in [0.1, 0.15) is 0 Å². The number of carbonyl (C=O) groups excluding carboxylic acids is 1. The summed E-state index contributed by atoms with van der Waals surface area (Å²) in [4.78, 5) is 11.5. The lowest BCUT2D eigenvalue weighted by Gasteiger charge is -2.32. The molecular weight excluding hydrogens is 302 g/mol. The fraction of sp³-hybridized carbons (Fsp3) is 0.500. The van der Waals surface area contributed by atoms with Gasteiger partial charge in [-0.15, -0.1) is 0 Å². The van der Waals surface area contributed by atoms with E-state index in [-0.39, 0.29) is 17.9 Å². The molecule has 0 aromatic heterocycles. The van der Waals surface area contributed by atoms with E-state index >= 15 is 0 Å². The molecule has 128 valence electrons. The van der Waals surface area contributed by atoms with Crippen LogP contribution < -0.4 is 10.9 Å². The predicted octanol–water partition coefficient (Wildman–Crippen LogP) is 2.62. The number of fused-ring (bicyclic) bond motifs is 1. The number of amides is 1. The number of carbonyl (C=O) groups is 1. The third-order valence-corrected chi connectivity index (χ3v) is 4.60. The summed E-state index contributed by atoms with van der Waals surface area (Å²) in [6, 6.07) is 0.244. The Morgan fingerprint density at radius 1 is 1.42 bits per heavy atom. The number of rotatable bonds is 5. The van der Waals surface area contributed by atoms with Crippen molar-refractivity contribution in [1.82, 2.24) is 15.9 Å². The molecule has 2 unspecified atom stereocenters. The van der Waals surface area contributed by atoms with Gasteiger partial charge in [-0.1, -0.05) is 27.2 Å². The predicted molar refractivity (Wildman–Crippen MR) is 95.3 cm³/mol. The number of hydrazone groups is 1. The molecule has 0 saturated heterocycles. The highest BCUT2D eigenvalue weighted by Gasteiger charge is 2.34. The Labute approximate surface area is 142 Å². The van der Waals surface area contributed by atoms with Gasteiger partial charge in [0.05, 0.1) is 22.8 Å². The van der Waals surface area contributed by atoms with Crippen LogP contribution >= 0.6 is 0 Å². The molecule has 0 aliphatic carbocycles. The molecule has 0 radical (unpaired) electrons. The van der Waals surface area contributed by atoms with E-state index in [1.165, 1.54) is 0 Å². The number of nitrogens with zero attached hydrogens (tertiary/aromatic N) is 2. The fourth-order valence-electron chi connectivity index (χ4n) is 3.29. The van der Waals surface area contributed by atoms with Gasteiger partial charge in [0, 0.05) is 24.0 Å². The molecule has 0 saturated carbocycles. The van der Waals surface area contributed by atoms with Crippen molar-refractivity contribution in [2.45, 2.75) is 52.5 Å². The number of hydrazine groups is 1. The lowest BCUT2D eigenvalue weighted by Crippen LogP contribution is -2.41. The summed E-state index contributed by atoms with van der Waals surface area (Å²) in [5.74, 6) is 0.0453. The second kappa shape index (κ2) is 6.73. The van der Waals surface area contributed by atoms with Crippen molar-refractivity contribution in [3.05, 3.63) is 35.2 Å². The first-order valence-corrected chi connectivity index (χ1v) is 8.70. The molecule has 3 heterocycles. The Hall–Kier alpha value is -2.21. The van der Waals surface area contributed by atoms with Crippen molar-refractivity contribution in [1.29, 1.82) is 5.41 Å². The highest BCUT2D eigenvalue weighted by atomic mass is 16.2. The molecule has 6 nitrogen and oxygen atoms in total. The Morgan fingerprint density at radius 3 is 2.88 bits per heavy atom. The van der Waals surface area contributed by atoms with E-state index in [1.807, 2.05) is 24.1 Å². The molecule has 3 aliphatic rings. The zero-order valence-corrected chi connectivity index (χ0v) is 14.5. The zero-order valence-electron chi connectivity index (χ0n) is 14.5. The van der Waals surface area contributed by atoms with Crippen LogP contribution in [0, 0.1) is 11.3 Å². The highest BCUT2D eigenvalue weighted by molar-refractivity contribution is 6.10. The molecule has 0 bridgehead atoms. The maximum absolute atomic E-state index is 11.5. The summed E-state index contributed by atoms with van der Waals surface area (Å²) in [5, 5.41) is 14.7. The maximum atomic E-state index is 11.5. The van der Waals surface area contributed by atoms with Gasteiger partial charge >= 0.3 is 0 Å². The summed E-state index contributed by atoms with van der Waals surface area (Å²) in [6.07, 6.45) is 9.35. The first-order valence-electron chi connectivity index (χ1n) is 8.70. The van der Waals surface area contributed by atoms with Crippen LogP contribution in [-0.4, -0.2) is 28.4 Å². The molecule has 3 N–H and O–H groups in total. The van der Waals surface area contributed by atoms with E-state index in [1.54, 1.807) is 0 Å². The quantitative estimate of drug-likeness (QED) is 0.679. The van der Waals surface area contributed by atoms with Gasteiger partial charge in [0.15, 0.2) is 0 Å². The van der Waals surface area contributed by atoms with E-state index in [4.69, 9.17) is 5.41 Å². The van der Waals surface area contributed by atoms with E-state index in [9.17, 15) is 4.79 Å². The average molecular weight is 327 g/mol. The van der Waals surface area contributed by atoms with Gasteiger partial charge in [0.25, 0.3) is 0 Å². The Bertz CT molecular complexity index is 686. The summed E-state index contributed by atoms with van der Waals surface area (Å²) in [6.45, 7) is 6.25. The first-order chi connectivity index (χ1) is 11.5. The van der Waals surface area contributed by atoms with Crippen LogP contribution in [0.5, 0.6) is 0 Å². The van der Waals surface area contributed by atoms with Crippen LogP contribution in [0.3, 0.4) is 0 Å². The normalized spacial score (nSPS) is 26.1. The standard InChI is InChI=1S/C18H25N5O/c1-4-6-14(19)15-8-7-13(16-10-12(5-2)22-23(15)16)18-11(3)9-17(24)20-21-18/h7-8,10-12,19,22H,4-6,9H2,1-3H3,(H,20,24). The summed E-state index contributed by atoms with van der Waals surface area (Å²) in [5.41, 5.74) is 10.6. The van der Waals surface area contributed by atoms with Crippen LogP contribution in [0.2, 0.25) is 0 Å². The summed E-state index contributed by atoms with van der Waals surface area (Å²) >= 11 is 0. The molecule has 0 fully saturated rings. The molecular formula is C18H25N5O. The molecule has 3 aliphatic heterocycles. The lowest BCUT2D eigenvalue weighted by atomic mass is 9.89. The van der Waals surface area contributed by atoms with Crippen molar-refractivity contribution in [2.24, 2.45) is 11.0 Å². The monoisotopic (exact) mass is 327 g/mol. The van der Waals surface area contributed by atoms with Crippen LogP contribution in [0.15, 0.2) is 40.3 Å². The van der Waals surface area contributed by atoms with Crippen molar-refractivity contribution in [3.8, 4) is 0 Å². The van der Waals surface area contributed by atoms with Gasteiger partial charge < -0.3 is 5.41 Å². The van der Waals surface area contributed by atoms with Crippen molar-refractivity contribution < 1.29 is 4.79 Å². The smallest absolute Gasteiger partial charge is 0.240 e. The number of hydrogen-bond acceptors (Lipinski definition) is 5. The molecule has 0 aromatic rings. The number of nitrogens with one attached hydrogen (secondary N) is 3. The van der Waals surface area contributed by atoms with Crippen LogP contribution in [0.1, 0.15) is 46.5 Å². The van der Waals surface area contributed by atoms with Gasteiger partial charge in [-0.05, 0) is 31.1 Å². The van der Waals surface area contributed by atoms with Crippen molar-refractivity contribution >= 4 is 17.3 Å². The van der Waals surface area contributed by atoms with E-state index in [0.717, 1.165) is 41.9 Å².